The van der Waals surface area contributed by atoms with Crippen molar-refractivity contribution in [2.45, 2.75) is 19.3 Å². The minimum absolute atomic E-state index is 0.0748. The van der Waals surface area contributed by atoms with Crippen LogP contribution in [0.1, 0.15) is 19.3 Å². The zero-order chi connectivity index (χ0) is 15.2. The maximum atomic E-state index is 12.2. The highest BCUT2D eigenvalue weighted by molar-refractivity contribution is 5.93. The second-order valence-electron chi connectivity index (χ2n) is 5.10. The predicted octanol–water partition coefficient (Wildman–Crippen LogP) is 2.47. The van der Waals surface area contributed by atoms with Crippen LogP contribution in [0.25, 0.3) is 0 Å². The van der Waals surface area contributed by atoms with Crippen LogP contribution >= 0.6 is 0 Å². The van der Waals surface area contributed by atoms with E-state index < -0.39 is 5.97 Å². The van der Waals surface area contributed by atoms with E-state index in [1.165, 1.54) is 0 Å². The standard InChI is InChI=1S/C16H19NO4/c1-17(15(18)10-12-4-2-3-5-12)13-6-8-14(9-7-13)21-11-16(19)20/h2,4,6-9,12H,3,5,10-11H2,1H3,(H,19,20). The summed E-state index contributed by atoms with van der Waals surface area (Å²) < 4.78 is 5.06. The molecule has 1 atom stereocenters. The van der Waals surface area contributed by atoms with Gasteiger partial charge in [-0.15, -0.1) is 0 Å². The Morgan fingerprint density at radius 1 is 1.33 bits per heavy atom. The van der Waals surface area contributed by atoms with E-state index in [4.69, 9.17) is 9.84 Å². The minimum atomic E-state index is -1.02. The molecule has 1 unspecified atom stereocenters. The SMILES string of the molecule is CN(C(=O)CC1C=CCC1)c1ccc(OCC(=O)O)cc1. The molecule has 2 rings (SSSR count). The average Bonchev–Trinajstić information content (AvgIpc) is 2.97. The molecule has 1 aliphatic rings. The number of carboxylic acid groups (broad SMARTS) is 1. The summed E-state index contributed by atoms with van der Waals surface area (Å²) in [5, 5.41) is 8.54. The average molecular weight is 289 g/mol. The molecule has 0 aliphatic heterocycles. The number of amides is 1. The van der Waals surface area contributed by atoms with Gasteiger partial charge in [-0.05, 0) is 43.0 Å². The number of benzene rings is 1. The molecule has 1 amide bonds. The molecule has 1 N–H and O–H groups in total. The number of nitrogens with zero attached hydrogens (tertiary/aromatic N) is 1. The Labute approximate surface area is 123 Å². The molecule has 0 spiro atoms. The molecule has 21 heavy (non-hydrogen) atoms. The number of aliphatic carboxylic acids is 1. The number of rotatable bonds is 6. The Balaban J connectivity index is 1.92. The third kappa shape index (κ3) is 4.34. The molecular formula is C16H19NO4. The summed E-state index contributed by atoms with van der Waals surface area (Å²) in [4.78, 5) is 24.2. The monoisotopic (exact) mass is 289 g/mol. The molecule has 1 aliphatic carbocycles. The van der Waals surface area contributed by atoms with Crippen molar-refractivity contribution in [2.24, 2.45) is 5.92 Å². The fourth-order valence-corrected chi connectivity index (χ4v) is 2.28. The summed E-state index contributed by atoms with van der Waals surface area (Å²) in [5.74, 6) is -0.124. The number of carboxylic acids is 1. The van der Waals surface area contributed by atoms with Crippen LogP contribution < -0.4 is 9.64 Å². The van der Waals surface area contributed by atoms with Gasteiger partial charge in [0, 0.05) is 19.2 Å². The van der Waals surface area contributed by atoms with Gasteiger partial charge in [-0.2, -0.15) is 0 Å². The maximum absolute atomic E-state index is 12.2. The zero-order valence-corrected chi connectivity index (χ0v) is 12.0. The maximum Gasteiger partial charge on any atom is 0.341 e. The first-order valence-electron chi connectivity index (χ1n) is 6.94. The van der Waals surface area contributed by atoms with Gasteiger partial charge >= 0.3 is 5.97 Å². The van der Waals surface area contributed by atoms with Crippen LogP contribution in [-0.4, -0.2) is 30.6 Å². The van der Waals surface area contributed by atoms with Gasteiger partial charge in [0.15, 0.2) is 6.61 Å². The lowest BCUT2D eigenvalue weighted by Crippen LogP contribution is -2.27. The van der Waals surface area contributed by atoms with Gasteiger partial charge in [0.05, 0.1) is 0 Å². The Bertz CT molecular complexity index is 536. The van der Waals surface area contributed by atoms with E-state index in [0.29, 0.717) is 18.1 Å². The lowest BCUT2D eigenvalue weighted by Gasteiger charge is -2.19. The molecular weight excluding hydrogens is 270 g/mol. The summed E-state index contributed by atoms with van der Waals surface area (Å²) in [6.07, 6.45) is 6.84. The normalized spacial score (nSPS) is 16.7. The second kappa shape index (κ2) is 6.92. The van der Waals surface area contributed by atoms with Crippen LogP contribution in [0.4, 0.5) is 5.69 Å². The molecule has 0 saturated heterocycles. The van der Waals surface area contributed by atoms with Crippen molar-refractivity contribution in [3.05, 3.63) is 36.4 Å². The highest BCUT2D eigenvalue weighted by Gasteiger charge is 2.17. The fraction of sp³-hybridized carbons (Fsp3) is 0.375. The molecule has 112 valence electrons. The predicted molar refractivity (Wildman–Crippen MR) is 79.5 cm³/mol. The van der Waals surface area contributed by atoms with Crippen LogP contribution in [0.3, 0.4) is 0 Å². The van der Waals surface area contributed by atoms with E-state index in [-0.39, 0.29) is 12.5 Å². The van der Waals surface area contributed by atoms with Crippen molar-refractivity contribution in [3.63, 3.8) is 0 Å². The van der Waals surface area contributed by atoms with Gasteiger partial charge in [-0.1, -0.05) is 12.2 Å². The molecule has 0 bridgehead atoms. The second-order valence-corrected chi connectivity index (χ2v) is 5.10. The molecule has 0 fully saturated rings. The molecule has 5 heteroatoms. The number of ether oxygens (including phenoxy) is 1. The molecule has 1 aromatic rings. The highest BCUT2D eigenvalue weighted by atomic mass is 16.5. The van der Waals surface area contributed by atoms with Crippen LogP contribution in [0.15, 0.2) is 36.4 Å². The zero-order valence-electron chi connectivity index (χ0n) is 12.0. The first-order chi connectivity index (χ1) is 10.1. The van der Waals surface area contributed by atoms with Crippen molar-refractivity contribution < 1.29 is 19.4 Å². The van der Waals surface area contributed by atoms with Gasteiger partial charge < -0.3 is 14.7 Å². The van der Waals surface area contributed by atoms with E-state index >= 15 is 0 Å². The Kier molecular flexibility index (Phi) is 4.98. The van der Waals surface area contributed by atoms with E-state index in [1.807, 2.05) is 0 Å². The number of hydrogen-bond donors (Lipinski definition) is 1. The third-order valence-corrected chi connectivity index (χ3v) is 3.51. The Morgan fingerprint density at radius 3 is 2.62 bits per heavy atom. The molecule has 0 aromatic heterocycles. The van der Waals surface area contributed by atoms with E-state index in [1.54, 1.807) is 36.2 Å². The summed E-state index contributed by atoms with van der Waals surface area (Å²) in [6, 6.07) is 6.83. The summed E-state index contributed by atoms with van der Waals surface area (Å²) in [7, 11) is 1.74. The summed E-state index contributed by atoms with van der Waals surface area (Å²) in [5.41, 5.74) is 0.768. The van der Waals surface area contributed by atoms with Crippen LogP contribution in [0, 0.1) is 5.92 Å². The largest absolute Gasteiger partial charge is 0.482 e. The smallest absolute Gasteiger partial charge is 0.341 e. The first kappa shape index (κ1) is 15.1. The van der Waals surface area contributed by atoms with Crippen molar-refractivity contribution in [3.8, 4) is 5.75 Å². The Morgan fingerprint density at radius 2 is 2.05 bits per heavy atom. The first-order valence-corrected chi connectivity index (χ1v) is 6.94. The molecule has 0 saturated carbocycles. The highest BCUT2D eigenvalue weighted by Crippen LogP contribution is 2.24. The summed E-state index contributed by atoms with van der Waals surface area (Å²) in [6.45, 7) is -0.373. The van der Waals surface area contributed by atoms with Gasteiger partial charge in [0.1, 0.15) is 5.75 Å². The van der Waals surface area contributed by atoms with Crippen molar-refractivity contribution >= 4 is 17.6 Å². The van der Waals surface area contributed by atoms with Crippen molar-refractivity contribution in [1.82, 2.24) is 0 Å². The number of carbonyl (C=O) groups excluding carboxylic acids is 1. The fourth-order valence-electron chi connectivity index (χ4n) is 2.28. The topological polar surface area (TPSA) is 66.8 Å². The third-order valence-electron chi connectivity index (χ3n) is 3.51. The number of carbonyl (C=O) groups is 2. The lowest BCUT2D eigenvalue weighted by molar-refractivity contribution is -0.139. The van der Waals surface area contributed by atoms with E-state index in [9.17, 15) is 9.59 Å². The van der Waals surface area contributed by atoms with Gasteiger partial charge in [-0.3, -0.25) is 4.79 Å². The number of allylic oxidation sites excluding steroid dienone is 2. The minimum Gasteiger partial charge on any atom is -0.482 e. The lowest BCUT2D eigenvalue weighted by atomic mass is 10.0. The van der Waals surface area contributed by atoms with E-state index in [2.05, 4.69) is 12.2 Å². The van der Waals surface area contributed by atoms with Crippen LogP contribution in [0.5, 0.6) is 5.75 Å². The molecule has 0 radical (unpaired) electrons. The van der Waals surface area contributed by atoms with E-state index in [0.717, 1.165) is 18.5 Å². The van der Waals surface area contributed by atoms with Crippen LogP contribution in [-0.2, 0) is 9.59 Å². The van der Waals surface area contributed by atoms with Gasteiger partial charge in [-0.25, -0.2) is 4.79 Å². The molecule has 1 aromatic carbocycles. The van der Waals surface area contributed by atoms with Crippen molar-refractivity contribution in [2.75, 3.05) is 18.6 Å². The molecule has 5 nitrogen and oxygen atoms in total. The Hall–Kier alpha value is -2.30. The van der Waals surface area contributed by atoms with Crippen molar-refractivity contribution in [1.29, 1.82) is 0 Å². The molecule has 0 heterocycles. The number of anilines is 1. The van der Waals surface area contributed by atoms with Gasteiger partial charge in [0.2, 0.25) is 5.91 Å². The number of hydrogen-bond acceptors (Lipinski definition) is 3. The quantitative estimate of drug-likeness (QED) is 0.817. The van der Waals surface area contributed by atoms with Crippen LogP contribution in [0.2, 0.25) is 0 Å². The van der Waals surface area contributed by atoms with Gasteiger partial charge in [0.25, 0.3) is 0 Å². The summed E-state index contributed by atoms with van der Waals surface area (Å²) >= 11 is 0.